The molecule has 2 aromatic carbocycles. The van der Waals surface area contributed by atoms with Gasteiger partial charge in [0, 0.05) is 24.2 Å². The second kappa shape index (κ2) is 10.1. The fourth-order valence-electron chi connectivity index (χ4n) is 4.36. The molecule has 3 N–H and O–H groups in total. The van der Waals surface area contributed by atoms with Gasteiger partial charge in [-0.05, 0) is 36.0 Å². The molecule has 1 aliphatic rings. The van der Waals surface area contributed by atoms with Crippen molar-refractivity contribution < 1.29 is 4.92 Å². The Hall–Kier alpha value is -3.29. The first-order valence-corrected chi connectivity index (χ1v) is 10.8. The summed E-state index contributed by atoms with van der Waals surface area (Å²) in [5.41, 5.74) is 2.62. The van der Waals surface area contributed by atoms with Gasteiger partial charge in [-0.2, -0.15) is 0 Å². The van der Waals surface area contributed by atoms with E-state index < -0.39 is 0 Å². The topological polar surface area (TPSA) is 121 Å². The molecule has 0 heterocycles. The van der Waals surface area contributed by atoms with Crippen molar-refractivity contribution in [1.29, 1.82) is 5.41 Å². The SMILES string of the molecule is CC(C)CN(c1ccc(-c2ccccc2C(=N)N=NN)cc1[N+](=O)[O-])C1CCCCC1. The molecule has 0 saturated heterocycles. The minimum atomic E-state index is -0.303. The molecule has 0 amide bonds. The fraction of sp³-hybridized carbons (Fsp3) is 0.435. The van der Waals surface area contributed by atoms with Crippen LogP contribution in [0, 0.1) is 21.4 Å². The Bertz CT molecular complexity index is 966. The van der Waals surface area contributed by atoms with E-state index in [9.17, 15) is 10.1 Å². The van der Waals surface area contributed by atoms with Crippen LogP contribution in [0.2, 0.25) is 0 Å². The number of benzene rings is 2. The van der Waals surface area contributed by atoms with Gasteiger partial charge in [-0.15, -0.1) is 5.11 Å². The van der Waals surface area contributed by atoms with E-state index in [4.69, 9.17) is 11.3 Å². The zero-order chi connectivity index (χ0) is 22.4. The molecule has 164 valence electrons. The van der Waals surface area contributed by atoms with Crippen molar-refractivity contribution in [2.24, 2.45) is 22.1 Å². The molecule has 0 spiro atoms. The Kier molecular flexibility index (Phi) is 7.33. The van der Waals surface area contributed by atoms with Gasteiger partial charge in [0.1, 0.15) is 5.69 Å². The van der Waals surface area contributed by atoms with E-state index in [1.54, 1.807) is 18.2 Å². The minimum Gasteiger partial charge on any atom is -0.363 e. The molecule has 8 nitrogen and oxygen atoms in total. The molecule has 0 bridgehead atoms. The molecule has 1 aliphatic carbocycles. The molecule has 0 atom stereocenters. The van der Waals surface area contributed by atoms with E-state index in [-0.39, 0.29) is 16.4 Å². The normalized spacial score (nSPS) is 14.8. The van der Waals surface area contributed by atoms with Gasteiger partial charge < -0.3 is 10.7 Å². The van der Waals surface area contributed by atoms with Crippen molar-refractivity contribution in [2.75, 3.05) is 11.4 Å². The van der Waals surface area contributed by atoms with E-state index in [0.717, 1.165) is 32.2 Å². The summed E-state index contributed by atoms with van der Waals surface area (Å²) in [5, 5.41) is 27.0. The quantitative estimate of drug-likeness (QED) is 0.148. The molecule has 31 heavy (non-hydrogen) atoms. The number of rotatable bonds is 7. The van der Waals surface area contributed by atoms with Gasteiger partial charge in [-0.1, -0.05) is 68.7 Å². The predicted octanol–water partition coefficient (Wildman–Crippen LogP) is 5.71. The lowest BCUT2D eigenvalue weighted by Gasteiger charge is -2.37. The van der Waals surface area contributed by atoms with Gasteiger partial charge >= 0.3 is 0 Å². The second-order valence-corrected chi connectivity index (χ2v) is 8.41. The van der Waals surface area contributed by atoms with Crippen LogP contribution in [0.25, 0.3) is 11.1 Å². The largest absolute Gasteiger partial charge is 0.363 e. The fourth-order valence-corrected chi connectivity index (χ4v) is 4.36. The van der Waals surface area contributed by atoms with Crippen molar-refractivity contribution in [2.45, 2.75) is 52.0 Å². The maximum atomic E-state index is 12.1. The molecular weight excluding hydrogens is 392 g/mol. The van der Waals surface area contributed by atoms with Crippen molar-refractivity contribution in [3.8, 4) is 11.1 Å². The zero-order valence-electron chi connectivity index (χ0n) is 18.1. The van der Waals surface area contributed by atoms with E-state index in [1.807, 2.05) is 24.3 Å². The molecule has 0 radical (unpaired) electrons. The number of hydrogen-bond donors (Lipinski definition) is 2. The summed E-state index contributed by atoms with van der Waals surface area (Å²) < 4.78 is 0. The summed E-state index contributed by atoms with van der Waals surface area (Å²) in [4.78, 5) is 14.0. The van der Waals surface area contributed by atoms with Crippen LogP contribution in [-0.2, 0) is 0 Å². The third-order valence-electron chi connectivity index (χ3n) is 5.71. The third kappa shape index (κ3) is 5.25. The van der Waals surface area contributed by atoms with Gasteiger partial charge in [-0.3, -0.25) is 15.5 Å². The molecule has 0 aliphatic heterocycles. The first-order valence-electron chi connectivity index (χ1n) is 10.8. The Morgan fingerprint density at radius 3 is 2.58 bits per heavy atom. The smallest absolute Gasteiger partial charge is 0.293 e. The third-order valence-corrected chi connectivity index (χ3v) is 5.71. The molecule has 0 aromatic heterocycles. The Balaban J connectivity index is 2.08. The summed E-state index contributed by atoms with van der Waals surface area (Å²) in [6.07, 6.45) is 5.69. The van der Waals surface area contributed by atoms with Crippen molar-refractivity contribution in [3.05, 3.63) is 58.1 Å². The van der Waals surface area contributed by atoms with Gasteiger partial charge in [0.25, 0.3) is 5.69 Å². The average molecular weight is 423 g/mol. The van der Waals surface area contributed by atoms with Crippen molar-refractivity contribution in [3.63, 3.8) is 0 Å². The molecule has 3 rings (SSSR count). The van der Waals surface area contributed by atoms with Gasteiger partial charge in [-0.25, -0.2) is 0 Å². The van der Waals surface area contributed by atoms with Crippen LogP contribution in [0.1, 0.15) is 51.5 Å². The summed E-state index contributed by atoms with van der Waals surface area (Å²) in [6.45, 7) is 5.07. The molecule has 8 heteroatoms. The van der Waals surface area contributed by atoms with Gasteiger partial charge in [0.2, 0.25) is 0 Å². The first-order chi connectivity index (χ1) is 14.9. The second-order valence-electron chi connectivity index (χ2n) is 8.41. The van der Waals surface area contributed by atoms with E-state index in [0.29, 0.717) is 34.3 Å². The summed E-state index contributed by atoms with van der Waals surface area (Å²) in [7, 11) is 0. The van der Waals surface area contributed by atoms with Crippen LogP contribution >= 0.6 is 0 Å². The Morgan fingerprint density at radius 2 is 1.94 bits per heavy atom. The highest BCUT2D eigenvalue weighted by atomic mass is 16.6. The highest BCUT2D eigenvalue weighted by Gasteiger charge is 2.28. The molecule has 0 unspecified atom stereocenters. The van der Waals surface area contributed by atoms with Crippen molar-refractivity contribution in [1.82, 2.24) is 0 Å². The minimum absolute atomic E-state index is 0.0884. The lowest BCUT2D eigenvalue weighted by molar-refractivity contribution is -0.384. The lowest BCUT2D eigenvalue weighted by Crippen LogP contribution is -2.39. The van der Waals surface area contributed by atoms with E-state index in [2.05, 4.69) is 29.1 Å². The maximum Gasteiger partial charge on any atom is 0.293 e. The average Bonchev–Trinajstić information content (AvgIpc) is 2.77. The van der Waals surface area contributed by atoms with Gasteiger partial charge in [0.15, 0.2) is 5.84 Å². The Labute approximate surface area is 182 Å². The summed E-state index contributed by atoms with van der Waals surface area (Å²) >= 11 is 0. The number of nitro groups is 1. The van der Waals surface area contributed by atoms with E-state index in [1.165, 1.54) is 6.42 Å². The molecule has 1 saturated carbocycles. The van der Waals surface area contributed by atoms with E-state index >= 15 is 0 Å². The number of nitrogens with two attached hydrogens (primary N) is 1. The number of amidine groups is 1. The van der Waals surface area contributed by atoms with Crippen LogP contribution in [0.3, 0.4) is 0 Å². The van der Waals surface area contributed by atoms with Crippen LogP contribution in [0.5, 0.6) is 0 Å². The summed E-state index contributed by atoms with van der Waals surface area (Å²) in [6, 6.07) is 12.9. The first kappa shape index (κ1) is 22.4. The van der Waals surface area contributed by atoms with Crippen molar-refractivity contribution >= 4 is 17.2 Å². The van der Waals surface area contributed by atoms with Crippen LogP contribution in [0.4, 0.5) is 11.4 Å². The Morgan fingerprint density at radius 1 is 1.23 bits per heavy atom. The zero-order valence-corrected chi connectivity index (χ0v) is 18.1. The van der Waals surface area contributed by atoms with Crippen LogP contribution in [-0.4, -0.2) is 23.3 Å². The molecule has 1 fully saturated rings. The summed E-state index contributed by atoms with van der Waals surface area (Å²) in [5.74, 6) is 5.41. The molecule has 2 aromatic rings. The molecular formula is C23H30N6O2. The van der Waals surface area contributed by atoms with Crippen LogP contribution in [0.15, 0.2) is 52.8 Å². The lowest BCUT2D eigenvalue weighted by atomic mass is 9.92. The number of nitrogens with zero attached hydrogens (tertiary/aromatic N) is 4. The number of hydrogen-bond acceptors (Lipinski definition) is 5. The predicted molar refractivity (Wildman–Crippen MR) is 123 cm³/mol. The number of nitro benzene ring substituents is 1. The highest BCUT2D eigenvalue weighted by molar-refractivity contribution is 6.03. The monoisotopic (exact) mass is 422 g/mol. The van der Waals surface area contributed by atoms with Gasteiger partial charge in [0.05, 0.1) is 4.92 Å². The maximum absolute atomic E-state index is 12.1. The number of nitrogens with one attached hydrogen (secondary N) is 1. The highest BCUT2D eigenvalue weighted by Crippen LogP contribution is 2.38. The van der Waals surface area contributed by atoms with Crippen LogP contribution < -0.4 is 10.7 Å². The standard InChI is InChI=1S/C23H30N6O2/c1-16(2)15-28(18-8-4-3-5-9-18)21-13-12-17(14-22(21)29(30)31)19-10-6-7-11-20(19)23(24)26-27-25/h6-7,10-14,16,18H,3-5,8-9,15H2,1-2H3,(H3,24,25,26). The number of anilines is 1.